The summed E-state index contributed by atoms with van der Waals surface area (Å²) in [4.78, 5) is 6.35. The molecule has 15 heavy (non-hydrogen) atoms. The largest absolute Gasteiger partial charge is 0.370 e. The van der Waals surface area contributed by atoms with Gasteiger partial charge in [0, 0.05) is 19.3 Å². The summed E-state index contributed by atoms with van der Waals surface area (Å²) in [5.74, 6) is 0. The van der Waals surface area contributed by atoms with Crippen LogP contribution in [0.2, 0.25) is 0 Å². The molecule has 0 aromatic carbocycles. The number of piperidine rings is 1. The Kier molecular flexibility index (Phi) is 3.22. The van der Waals surface area contributed by atoms with Crippen molar-refractivity contribution in [3.63, 3.8) is 0 Å². The van der Waals surface area contributed by atoms with Gasteiger partial charge >= 0.3 is 0 Å². The second-order valence-electron chi connectivity index (χ2n) is 3.66. The average Bonchev–Trinajstić information content (AvgIpc) is 2.30. The minimum absolute atomic E-state index is 0.646. The number of nitrogens with zero attached hydrogens (tertiary/aromatic N) is 3. The number of pyridine rings is 1. The Labute approximate surface area is 97.9 Å². The van der Waals surface area contributed by atoms with E-state index < -0.39 is 0 Å². The molecule has 0 atom stereocenters. The normalized spacial score (nSPS) is 16.1. The molecule has 1 aromatic rings. The van der Waals surface area contributed by atoms with Crippen LogP contribution in [0.3, 0.4) is 0 Å². The summed E-state index contributed by atoms with van der Waals surface area (Å²) in [6.07, 6.45) is 5.47. The maximum atomic E-state index is 9.08. The smallest absolute Gasteiger partial charge is 0.125 e. The SMILES string of the molecule is N#Cc1c(N2CCCCC2)ccnc1Br. The van der Waals surface area contributed by atoms with Crippen LogP contribution in [0.15, 0.2) is 16.9 Å². The molecule has 0 N–H and O–H groups in total. The zero-order valence-electron chi connectivity index (χ0n) is 8.41. The fourth-order valence-electron chi connectivity index (χ4n) is 1.93. The second-order valence-corrected chi connectivity index (χ2v) is 4.41. The monoisotopic (exact) mass is 265 g/mol. The third-order valence-corrected chi connectivity index (χ3v) is 3.29. The van der Waals surface area contributed by atoms with Crippen LogP contribution in [0, 0.1) is 11.3 Å². The number of hydrogen-bond donors (Lipinski definition) is 0. The molecule has 1 fully saturated rings. The first-order valence-corrected chi connectivity index (χ1v) is 5.92. The van der Waals surface area contributed by atoms with Gasteiger partial charge in [-0.25, -0.2) is 4.98 Å². The Bertz CT molecular complexity index is 391. The summed E-state index contributed by atoms with van der Waals surface area (Å²) in [5, 5.41) is 9.08. The highest BCUT2D eigenvalue weighted by molar-refractivity contribution is 9.10. The van der Waals surface area contributed by atoms with E-state index in [-0.39, 0.29) is 0 Å². The Morgan fingerprint density at radius 2 is 2.07 bits per heavy atom. The van der Waals surface area contributed by atoms with Gasteiger partial charge in [0.05, 0.1) is 5.69 Å². The Morgan fingerprint density at radius 3 is 2.73 bits per heavy atom. The first-order chi connectivity index (χ1) is 7.33. The Balaban J connectivity index is 2.34. The highest BCUT2D eigenvalue weighted by Gasteiger charge is 2.16. The molecule has 1 aliphatic rings. The van der Waals surface area contributed by atoms with E-state index in [4.69, 9.17) is 5.26 Å². The summed E-state index contributed by atoms with van der Waals surface area (Å²) < 4.78 is 0.646. The topological polar surface area (TPSA) is 39.9 Å². The summed E-state index contributed by atoms with van der Waals surface area (Å²) in [7, 11) is 0. The fraction of sp³-hybridized carbons (Fsp3) is 0.455. The van der Waals surface area contributed by atoms with Crippen molar-refractivity contribution < 1.29 is 0 Å². The summed E-state index contributed by atoms with van der Waals surface area (Å²) in [6, 6.07) is 4.14. The molecule has 0 spiro atoms. The van der Waals surface area contributed by atoms with E-state index in [9.17, 15) is 0 Å². The van der Waals surface area contributed by atoms with E-state index in [1.54, 1.807) is 6.20 Å². The van der Waals surface area contributed by atoms with Gasteiger partial charge in [-0.3, -0.25) is 0 Å². The van der Waals surface area contributed by atoms with E-state index in [0.29, 0.717) is 10.2 Å². The summed E-state index contributed by atoms with van der Waals surface area (Å²) in [5.41, 5.74) is 1.67. The van der Waals surface area contributed by atoms with Crippen molar-refractivity contribution in [3.05, 3.63) is 22.4 Å². The standard InChI is InChI=1S/C11H12BrN3/c12-11-9(8-13)10(4-5-14-11)15-6-2-1-3-7-15/h4-5H,1-3,6-7H2. The van der Waals surface area contributed by atoms with Gasteiger partial charge < -0.3 is 4.90 Å². The lowest BCUT2D eigenvalue weighted by molar-refractivity contribution is 0.577. The fourth-order valence-corrected chi connectivity index (χ4v) is 2.34. The molecule has 0 unspecified atom stereocenters. The van der Waals surface area contributed by atoms with Crippen LogP contribution in [0.5, 0.6) is 0 Å². The van der Waals surface area contributed by atoms with Gasteiger partial charge in [0.15, 0.2) is 0 Å². The zero-order valence-corrected chi connectivity index (χ0v) is 10.00. The predicted octanol–water partition coefficient (Wildman–Crippen LogP) is 2.71. The van der Waals surface area contributed by atoms with E-state index in [2.05, 4.69) is 31.9 Å². The molecule has 78 valence electrons. The van der Waals surface area contributed by atoms with Crippen LogP contribution in [0.4, 0.5) is 5.69 Å². The van der Waals surface area contributed by atoms with Crippen LogP contribution in [-0.4, -0.2) is 18.1 Å². The minimum atomic E-state index is 0.646. The van der Waals surface area contributed by atoms with Crippen molar-refractivity contribution in [2.24, 2.45) is 0 Å². The van der Waals surface area contributed by atoms with Crippen molar-refractivity contribution in [3.8, 4) is 6.07 Å². The van der Waals surface area contributed by atoms with Crippen LogP contribution in [0.25, 0.3) is 0 Å². The lowest BCUT2D eigenvalue weighted by Gasteiger charge is -2.29. The van der Waals surface area contributed by atoms with Crippen LogP contribution < -0.4 is 4.90 Å². The van der Waals surface area contributed by atoms with Crippen molar-refractivity contribution in [1.29, 1.82) is 5.26 Å². The number of rotatable bonds is 1. The Morgan fingerprint density at radius 1 is 1.33 bits per heavy atom. The third-order valence-electron chi connectivity index (χ3n) is 2.69. The maximum Gasteiger partial charge on any atom is 0.125 e. The van der Waals surface area contributed by atoms with E-state index in [1.807, 2.05) is 6.07 Å². The molecule has 3 nitrogen and oxygen atoms in total. The average molecular weight is 266 g/mol. The van der Waals surface area contributed by atoms with Crippen LogP contribution in [0.1, 0.15) is 24.8 Å². The minimum Gasteiger partial charge on any atom is -0.370 e. The van der Waals surface area contributed by atoms with Crippen molar-refractivity contribution in [2.45, 2.75) is 19.3 Å². The zero-order chi connectivity index (χ0) is 10.7. The molecule has 2 heterocycles. The molecule has 2 rings (SSSR count). The lowest BCUT2D eigenvalue weighted by atomic mass is 10.1. The molecule has 0 radical (unpaired) electrons. The van der Waals surface area contributed by atoms with Gasteiger partial charge in [0.1, 0.15) is 16.2 Å². The van der Waals surface area contributed by atoms with Gasteiger partial charge in [-0.05, 0) is 41.3 Å². The first-order valence-electron chi connectivity index (χ1n) is 5.12. The molecule has 0 bridgehead atoms. The summed E-state index contributed by atoms with van der Waals surface area (Å²) >= 11 is 3.31. The quantitative estimate of drug-likeness (QED) is 0.734. The number of aromatic nitrogens is 1. The van der Waals surface area contributed by atoms with Gasteiger partial charge in [-0.1, -0.05) is 0 Å². The number of nitriles is 1. The highest BCUT2D eigenvalue weighted by Crippen LogP contribution is 2.27. The van der Waals surface area contributed by atoms with Crippen LogP contribution >= 0.6 is 15.9 Å². The first kappa shape index (κ1) is 10.4. The van der Waals surface area contributed by atoms with E-state index in [1.165, 1.54) is 19.3 Å². The van der Waals surface area contributed by atoms with Gasteiger partial charge in [0.2, 0.25) is 0 Å². The molecule has 0 aliphatic carbocycles. The van der Waals surface area contributed by atoms with Gasteiger partial charge in [0.25, 0.3) is 0 Å². The van der Waals surface area contributed by atoms with E-state index in [0.717, 1.165) is 18.8 Å². The number of anilines is 1. The molecule has 0 saturated carbocycles. The van der Waals surface area contributed by atoms with E-state index >= 15 is 0 Å². The molecule has 4 heteroatoms. The van der Waals surface area contributed by atoms with Gasteiger partial charge in [-0.15, -0.1) is 0 Å². The molecular formula is C11H12BrN3. The van der Waals surface area contributed by atoms with Crippen molar-refractivity contribution >= 4 is 21.6 Å². The highest BCUT2D eigenvalue weighted by atomic mass is 79.9. The van der Waals surface area contributed by atoms with Crippen molar-refractivity contribution in [1.82, 2.24) is 4.98 Å². The molecule has 1 saturated heterocycles. The Hall–Kier alpha value is -1.08. The molecular weight excluding hydrogens is 254 g/mol. The number of halogens is 1. The molecule has 1 aliphatic heterocycles. The number of hydrogen-bond acceptors (Lipinski definition) is 3. The molecule has 0 amide bonds. The second kappa shape index (κ2) is 4.63. The van der Waals surface area contributed by atoms with Crippen LogP contribution in [-0.2, 0) is 0 Å². The van der Waals surface area contributed by atoms with Crippen molar-refractivity contribution in [2.75, 3.05) is 18.0 Å². The maximum absolute atomic E-state index is 9.08. The molecule has 1 aromatic heterocycles. The van der Waals surface area contributed by atoms with Gasteiger partial charge in [-0.2, -0.15) is 5.26 Å². The third kappa shape index (κ3) is 2.13. The lowest BCUT2D eigenvalue weighted by Crippen LogP contribution is -2.30. The summed E-state index contributed by atoms with van der Waals surface area (Å²) in [6.45, 7) is 2.09. The predicted molar refractivity (Wildman–Crippen MR) is 62.7 cm³/mol.